The first kappa shape index (κ1) is 13.7. The number of anilines is 1. The van der Waals surface area contributed by atoms with Crippen LogP contribution in [0.1, 0.15) is 42.5 Å². The van der Waals surface area contributed by atoms with E-state index in [1.807, 2.05) is 12.1 Å². The molecule has 0 spiro atoms. The minimum absolute atomic E-state index is 0.333. The molecular weight excluding hydrogens is 242 g/mol. The molecule has 1 aromatic carbocycles. The van der Waals surface area contributed by atoms with Crippen LogP contribution in [0, 0.1) is 0 Å². The predicted molar refractivity (Wildman–Crippen MR) is 75.3 cm³/mol. The van der Waals surface area contributed by atoms with Gasteiger partial charge >= 0.3 is 5.97 Å². The van der Waals surface area contributed by atoms with Gasteiger partial charge in [-0.25, -0.2) is 4.79 Å². The second-order valence-corrected chi connectivity index (χ2v) is 4.94. The van der Waals surface area contributed by atoms with Gasteiger partial charge in [-0.2, -0.15) is 0 Å². The van der Waals surface area contributed by atoms with Crippen molar-refractivity contribution in [2.45, 2.75) is 32.1 Å². The van der Waals surface area contributed by atoms with Crippen molar-refractivity contribution < 1.29 is 14.6 Å². The van der Waals surface area contributed by atoms with Gasteiger partial charge in [0, 0.05) is 13.1 Å². The lowest BCUT2D eigenvalue weighted by Crippen LogP contribution is -2.28. The number of carboxylic acid groups (broad SMARTS) is 1. The molecule has 1 aliphatic heterocycles. The van der Waals surface area contributed by atoms with Crippen LogP contribution in [0.5, 0.6) is 5.75 Å². The first-order chi connectivity index (χ1) is 9.22. The van der Waals surface area contributed by atoms with E-state index in [1.54, 1.807) is 13.2 Å². The van der Waals surface area contributed by atoms with Crippen LogP contribution in [0.25, 0.3) is 0 Å². The first-order valence-corrected chi connectivity index (χ1v) is 6.88. The molecule has 1 aliphatic rings. The molecule has 0 amide bonds. The maximum Gasteiger partial charge on any atom is 0.337 e. The number of carbonyl (C=O) groups is 1. The quantitative estimate of drug-likeness (QED) is 0.910. The van der Waals surface area contributed by atoms with Gasteiger partial charge in [0.2, 0.25) is 0 Å². The summed E-state index contributed by atoms with van der Waals surface area (Å²) < 4.78 is 5.11. The van der Waals surface area contributed by atoms with Crippen LogP contribution in [-0.4, -0.2) is 31.3 Å². The van der Waals surface area contributed by atoms with Crippen molar-refractivity contribution in [1.29, 1.82) is 0 Å². The SMILES string of the molecule is COc1ccc(N2CCCCCCC2)c(C(=O)O)c1. The zero-order valence-electron chi connectivity index (χ0n) is 11.4. The molecule has 1 saturated heterocycles. The van der Waals surface area contributed by atoms with Gasteiger partial charge in [0.05, 0.1) is 18.4 Å². The lowest BCUT2D eigenvalue weighted by Gasteiger charge is -2.28. The molecule has 0 atom stereocenters. The maximum atomic E-state index is 11.4. The molecule has 4 nitrogen and oxygen atoms in total. The van der Waals surface area contributed by atoms with E-state index in [0.717, 1.165) is 31.6 Å². The molecule has 4 heteroatoms. The fraction of sp³-hybridized carbons (Fsp3) is 0.533. The molecule has 1 aromatic rings. The van der Waals surface area contributed by atoms with Crippen LogP contribution in [-0.2, 0) is 0 Å². The Morgan fingerprint density at radius 1 is 1.16 bits per heavy atom. The molecule has 0 aliphatic carbocycles. The average molecular weight is 263 g/mol. The van der Waals surface area contributed by atoms with E-state index in [4.69, 9.17) is 4.74 Å². The third-order valence-electron chi connectivity index (χ3n) is 3.63. The Morgan fingerprint density at radius 3 is 2.37 bits per heavy atom. The Bertz CT molecular complexity index is 437. The molecule has 1 N–H and O–H groups in total. The summed E-state index contributed by atoms with van der Waals surface area (Å²) in [6.07, 6.45) is 6.02. The number of methoxy groups -OCH3 is 1. The Balaban J connectivity index is 2.28. The number of nitrogens with zero attached hydrogens (tertiary/aromatic N) is 1. The monoisotopic (exact) mass is 263 g/mol. The van der Waals surface area contributed by atoms with Crippen molar-refractivity contribution in [2.24, 2.45) is 0 Å². The number of hydrogen-bond acceptors (Lipinski definition) is 3. The van der Waals surface area contributed by atoms with E-state index >= 15 is 0 Å². The lowest BCUT2D eigenvalue weighted by molar-refractivity contribution is 0.0697. The van der Waals surface area contributed by atoms with Gasteiger partial charge in [-0.15, -0.1) is 0 Å². The van der Waals surface area contributed by atoms with Gasteiger partial charge < -0.3 is 14.7 Å². The van der Waals surface area contributed by atoms with Crippen molar-refractivity contribution >= 4 is 11.7 Å². The number of aromatic carboxylic acids is 1. The highest BCUT2D eigenvalue weighted by atomic mass is 16.5. The van der Waals surface area contributed by atoms with Gasteiger partial charge in [0.15, 0.2) is 0 Å². The van der Waals surface area contributed by atoms with Gasteiger partial charge in [-0.05, 0) is 31.0 Å². The summed E-state index contributed by atoms with van der Waals surface area (Å²) in [5.74, 6) is -0.302. The third-order valence-corrected chi connectivity index (χ3v) is 3.63. The number of rotatable bonds is 3. The molecule has 0 aromatic heterocycles. The largest absolute Gasteiger partial charge is 0.497 e. The zero-order valence-corrected chi connectivity index (χ0v) is 11.4. The van der Waals surface area contributed by atoms with E-state index in [1.165, 1.54) is 19.3 Å². The minimum atomic E-state index is -0.893. The summed E-state index contributed by atoms with van der Waals surface area (Å²) in [5, 5.41) is 9.36. The molecular formula is C15H21NO3. The van der Waals surface area contributed by atoms with Gasteiger partial charge in [-0.1, -0.05) is 19.3 Å². The molecule has 19 heavy (non-hydrogen) atoms. The van der Waals surface area contributed by atoms with Crippen molar-refractivity contribution in [3.05, 3.63) is 23.8 Å². The highest BCUT2D eigenvalue weighted by molar-refractivity contribution is 5.95. The Kier molecular flexibility index (Phi) is 4.66. The van der Waals surface area contributed by atoms with Crippen LogP contribution in [0.2, 0.25) is 0 Å². The van der Waals surface area contributed by atoms with Gasteiger partial charge in [0.25, 0.3) is 0 Å². The van der Waals surface area contributed by atoms with Crippen LogP contribution in [0.15, 0.2) is 18.2 Å². The lowest BCUT2D eigenvalue weighted by atomic mass is 10.1. The van der Waals surface area contributed by atoms with Gasteiger partial charge in [-0.3, -0.25) is 0 Å². The summed E-state index contributed by atoms with van der Waals surface area (Å²) in [5.41, 5.74) is 1.15. The number of ether oxygens (including phenoxy) is 1. The van der Waals surface area contributed by atoms with Crippen LogP contribution in [0.4, 0.5) is 5.69 Å². The Morgan fingerprint density at radius 2 is 1.79 bits per heavy atom. The van der Waals surface area contributed by atoms with E-state index in [0.29, 0.717) is 11.3 Å². The molecule has 1 fully saturated rings. The smallest absolute Gasteiger partial charge is 0.337 e. The highest BCUT2D eigenvalue weighted by Crippen LogP contribution is 2.27. The van der Waals surface area contributed by atoms with Crippen molar-refractivity contribution in [2.75, 3.05) is 25.1 Å². The van der Waals surface area contributed by atoms with E-state index in [-0.39, 0.29) is 0 Å². The number of carboxylic acids is 1. The third kappa shape index (κ3) is 3.40. The van der Waals surface area contributed by atoms with E-state index < -0.39 is 5.97 Å². The van der Waals surface area contributed by atoms with Crippen LogP contribution < -0.4 is 9.64 Å². The maximum absolute atomic E-state index is 11.4. The van der Waals surface area contributed by atoms with Crippen molar-refractivity contribution in [1.82, 2.24) is 0 Å². The second-order valence-electron chi connectivity index (χ2n) is 4.94. The van der Waals surface area contributed by atoms with Crippen LogP contribution in [0.3, 0.4) is 0 Å². The highest BCUT2D eigenvalue weighted by Gasteiger charge is 2.17. The van der Waals surface area contributed by atoms with Gasteiger partial charge in [0.1, 0.15) is 5.75 Å². The Hall–Kier alpha value is -1.71. The van der Waals surface area contributed by atoms with E-state index in [2.05, 4.69) is 4.90 Å². The first-order valence-electron chi connectivity index (χ1n) is 6.88. The van der Waals surface area contributed by atoms with Crippen molar-refractivity contribution in [3.8, 4) is 5.75 Å². The zero-order chi connectivity index (χ0) is 13.7. The minimum Gasteiger partial charge on any atom is -0.497 e. The molecule has 0 saturated carbocycles. The summed E-state index contributed by atoms with van der Waals surface area (Å²) >= 11 is 0. The molecule has 2 rings (SSSR count). The summed E-state index contributed by atoms with van der Waals surface area (Å²) in [7, 11) is 1.55. The average Bonchev–Trinajstić information content (AvgIpc) is 2.38. The number of benzene rings is 1. The fourth-order valence-electron chi connectivity index (χ4n) is 2.58. The second kappa shape index (κ2) is 6.45. The van der Waals surface area contributed by atoms with E-state index in [9.17, 15) is 9.90 Å². The summed E-state index contributed by atoms with van der Waals surface area (Å²) in [6.45, 7) is 1.87. The normalized spacial score (nSPS) is 16.6. The van der Waals surface area contributed by atoms with Crippen LogP contribution >= 0.6 is 0 Å². The Labute approximate surface area is 114 Å². The molecule has 104 valence electrons. The summed E-state index contributed by atoms with van der Waals surface area (Å²) in [4.78, 5) is 13.6. The molecule has 0 bridgehead atoms. The summed E-state index contributed by atoms with van der Waals surface area (Å²) in [6, 6.07) is 5.31. The fourth-order valence-corrected chi connectivity index (χ4v) is 2.58. The topological polar surface area (TPSA) is 49.8 Å². The molecule has 1 heterocycles. The molecule has 0 unspecified atom stereocenters. The number of hydrogen-bond donors (Lipinski definition) is 1. The van der Waals surface area contributed by atoms with Crippen molar-refractivity contribution in [3.63, 3.8) is 0 Å². The molecule has 0 radical (unpaired) electrons. The predicted octanol–water partition coefficient (Wildman–Crippen LogP) is 3.16. The standard InChI is InChI=1S/C15H21NO3/c1-19-12-7-8-14(13(11-12)15(17)18)16-9-5-3-2-4-6-10-16/h7-8,11H,2-6,9-10H2,1H3,(H,17,18).